The molecule has 2 N–H and O–H groups in total. The van der Waals surface area contributed by atoms with Gasteiger partial charge < -0.3 is 20.1 Å². The Kier molecular flexibility index (Phi) is 8.60. The third kappa shape index (κ3) is 5.96. The van der Waals surface area contributed by atoms with Gasteiger partial charge in [0.1, 0.15) is 11.1 Å². The van der Waals surface area contributed by atoms with Gasteiger partial charge in [-0.25, -0.2) is 8.42 Å². The van der Waals surface area contributed by atoms with E-state index >= 15 is 0 Å². The lowest BCUT2D eigenvalue weighted by Gasteiger charge is -2.42. The molecular formula is C25H34N4O5S2. The number of carbonyl (C=O) groups excluding carboxylic acids is 1. The molecule has 1 aromatic carbocycles. The molecule has 0 bridgehead atoms. The number of sulfonamides is 1. The van der Waals surface area contributed by atoms with Crippen molar-refractivity contribution < 1.29 is 22.7 Å². The quantitative estimate of drug-likeness (QED) is 0.480. The number of amides is 1. The first-order valence-electron chi connectivity index (χ1n) is 11.6. The van der Waals surface area contributed by atoms with E-state index < -0.39 is 15.9 Å². The fourth-order valence-corrected chi connectivity index (χ4v) is 7.21. The fraction of sp³-hybridized carbons (Fsp3) is 0.520. The Hall–Kier alpha value is -2.33. The summed E-state index contributed by atoms with van der Waals surface area (Å²) in [6.45, 7) is 9.19. The van der Waals surface area contributed by atoms with Crippen molar-refractivity contribution in [1.82, 2.24) is 9.62 Å². The van der Waals surface area contributed by atoms with Crippen molar-refractivity contribution in [3.63, 3.8) is 0 Å². The van der Waals surface area contributed by atoms with Gasteiger partial charge in [-0.05, 0) is 63.9 Å². The summed E-state index contributed by atoms with van der Waals surface area (Å²) in [5.74, 6) is -0.408. The van der Waals surface area contributed by atoms with E-state index in [4.69, 9.17) is 9.47 Å². The summed E-state index contributed by atoms with van der Waals surface area (Å²) >= 11 is 1.40. The minimum atomic E-state index is -3.79. The van der Waals surface area contributed by atoms with Crippen LogP contribution < -0.4 is 10.6 Å². The number of benzene rings is 1. The van der Waals surface area contributed by atoms with Crippen molar-refractivity contribution in [3.8, 4) is 6.07 Å². The zero-order valence-corrected chi connectivity index (χ0v) is 23.2. The van der Waals surface area contributed by atoms with Crippen LogP contribution >= 0.6 is 11.3 Å². The number of ether oxygens (including phenoxy) is 2. The Morgan fingerprint density at radius 1 is 1.14 bits per heavy atom. The second-order valence-corrected chi connectivity index (χ2v) is 12.9. The molecule has 2 heterocycles. The van der Waals surface area contributed by atoms with Gasteiger partial charge >= 0.3 is 0 Å². The molecule has 0 saturated carbocycles. The molecule has 0 saturated heterocycles. The molecule has 0 atom stereocenters. The number of carbonyl (C=O) groups is 1. The predicted octanol–water partition coefficient (Wildman–Crippen LogP) is 3.31. The average molecular weight is 535 g/mol. The summed E-state index contributed by atoms with van der Waals surface area (Å²) < 4.78 is 37.6. The van der Waals surface area contributed by atoms with Gasteiger partial charge in [-0.15, -0.1) is 11.3 Å². The summed E-state index contributed by atoms with van der Waals surface area (Å²) in [5.41, 5.74) is 1.20. The number of hydrogen-bond acceptors (Lipinski definition) is 8. The van der Waals surface area contributed by atoms with Crippen LogP contribution in [0.3, 0.4) is 0 Å². The molecule has 1 aromatic heterocycles. The molecule has 1 aliphatic rings. The molecule has 0 aliphatic carbocycles. The van der Waals surface area contributed by atoms with E-state index in [1.807, 2.05) is 0 Å². The molecule has 0 unspecified atom stereocenters. The highest BCUT2D eigenvalue weighted by atomic mass is 32.2. The molecule has 196 valence electrons. The number of methoxy groups -OCH3 is 2. The number of nitrogens with one attached hydrogen (secondary N) is 2. The van der Waals surface area contributed by atoms with Crippen LogP contribution in [0, 0.1) is 11.3 Å². The highest BCUT2D eigenvalue weighted by Gasteiger charge is 2.40. The Labute approximate surface area is 217 Å². The van der Waals surface area contributed by atoms with Gasteiger partial charge in [0.15, 0.2) is 0 Å². The molecule has 11 heteroatoms. The molecule has 2 aromatic rings. The van der Waals surface area contributed by atoms with Gasteiger partial charge in [0, 0.05) is 48.8 Å². The SMILES string of the molecule is COCCN(CCOC)S(=O)(=O)c1ccc(C(=O)Nc2sc3c(c2C#N)CC(C)(C)NC3(C)C)cc1. The molecule has 36 heavy (non-hydrogen) atoms. The van der Waals surface area contributed by atoms with Crippen molar-refractivity contribution in [2.75, 3.05) is 45.8 Å². The van der Waals surface area contributed by atoms with Crippen LogP contribution in [0.5, 0.6) is 0 Å². The molecule has 9 nitrogen and oxygen atoms in total. The maximum Gasteiger partial charge on any atom is 0.256 e. The summed E-state index contributed by atoms with van der Waals surface area (Å²) in [7, 11) is -0.773. The maximum absolute atomic E-state index is 13.1. The van der Waals surface area contributed by atoms with E-state index in [0.29, 0.717) is 22.5 Å². The minimum absolute atomic E-state index is 0.0746. The van der Waals surface area contributed by atoms with E-state index in [1.165, 1.54) is 54.1 Å². The number of hydrogen-bond donors (Lipinski definition) is 2. The number of fused-ring (bicyclic) bond motifs is 1. The Morgan fingerprint density at radius 3 is 2.25 bits per heavy atom. The van der Waals surface area contributed by atoms with Crippen LogP contribution in [0.25, 0.3) is 0 Å². The number of nitriles is 1. The van der Waals surface area contributed by atoms with Crippen molar-refractivity contribution >= 4 is 32.3 Å². The zero-order valence-electron chi connectivity index (χ0n) is 21.6. The van der Waals surface area contributed by atoms with Crippen LogP contribution in [0.4, 0.5) is 5.00 Å². The van der Waals surface area contributed by atoms with Crippen molar-refractivity contribution in [2.45, 2.75) is 50.1 Å². The van der Waals surface area contributed by atoms with E-state index in [2.05, 4.69) is 44.4 Å². The first-order chi connectivity index (χ1) is 16.9. The van der Waals surface area contributed by atoms with Gasteiger partial charge in [0.05, 0.1) is 23.7 Å². The topological polar surface area (TPSA) is 121 Å². The molecule has 1 amide bonds. The molecule has 0 radical (unpaired) electrons. The van der Waals surface area contributed by atoms with Gasteiger partial charge in [-0.1, -0.05) is 0 Å². The summed E-state index contributed by atoms with van der Waals surface area (Å²) in [4.78, 5) is 14.1. The normalized spacial score (nSPS) is 16.4. The van der Waals surface area contributed by atoms with Crippen LogP contribution in [0.15, 0.2) is 29.2 Å². The molecule has 1 aliphatic heterocycles. The first kappa shape index (κ1) is 28.2. The average Bonchev–Trinajstić information content (AvgIpc) is 3.15. The van der Waals surface area contributed by atoms with E-state index in [9.17, 15) is 18.5 Å². The summed E-state index contributed by atoms with van der Waals surface area (Å²) in [6.07, 6.45) is 0.677. The van der Waals surface area contributed by atoms with Gasteiger partial charge in [-0.3, -0.25) is 4.79 Å². The largest absolute Gasteiger partial charge is 0.383 e. The molecule has 0 spiro atoms. The van der Waals surface area contributed by atoms with Gasteiger partial charge in [-0.2, -0.15) is 9.57 Å². The Bertz CT molecular complexity index is 1240. The number of nitrogens with zero attached hydrogens (tertiary/aromatic N) is 2. The summed E-state index contributed by atoms with van der Waals surface area (Å²) in [6, 6.07) is 8.05. The van der Waals surface area contributed by atoms with E-state index in [-0.39, 0.29) is 42.3 Å². The van der Waals surface area contributed by atoms with Crippen molar-refractivity contribution in [1.29, 1.82) is 5.26 Å². The minimum Gasteiger partial charge on any atom is -0.383 e. The lowest BCUT2D eigenvalue weighted by molar-refractivity contribution is 0.102. The van der Waals surface area contributed by atoms with E-state index in [1.54, 1.807) is 0 Å². The second-order valence-electron chi connectivity index (χ2n) is 9.90. The Morgan fingerprint density at radius 2 is 1.72 bits per heavy atom. The third-order valence-electron chi connectivity index (χ3n) is 6.03. The highest BCUT2D eigenvalue weighted by molar-refractivity contribution is 7.89. The number of anilines is 1. The molecular weight excluding hydrogens is 500 g/mol. The first-order valence-corrected chi connectivity index (χ1v) is 13.9. The maximum atomic E-state index is 13.1. The standard InChI is InChI=1S/C25H34N4O5S2/c1-24(2)15-19-20(16-26)23(35-21(19)25(3,4)28-24)27-22(30)17-7-9-18(10-8-17)36(31,32)29(11-13-33-5)12-14-34-6/h7-10,28H,11-15H2,1-6H3,(H,27,30). The molecule has 0 fully saturated rings. The van der Waals surface area contributed by atoms with Gasteiger partial charge in [0.2, 0.25) is 10.0 Å². The highest BCUT2D eigenvalue weighted by Crippen LogP contribution is 2.44. The van der Waals surface area contributed by atoms with Crippen molar-refractivity contribution in [2.24, 2.45) is 0 Å². The van der Waals surface area contributed by atoms with Crippen LogP contribution in [-0.2, 0) is 31.5 Å². The smallest absolute Gasteiger partial charge is 0.256 e. The Balaban J connectivity index is 1.84. The third-order valence-corrected chi connectivity index (χ3v) is 9.41. The summed E-state index contributed by atoms with van der Waals surface area (Å²) in [5, 5.41) is 16.9. The lowest BCUT2D eigenvalue weighted by Crippen LogP contribution is -2.54. The van der Waals surface area contributed by atoms with E-state index in [0.717, 1.165) is 10.4 Å². The van der Waals surface area contributed by atoms with Crippen molar-refractivity contribution in [3.05, 3.63) is 45.8 Å². The molecule has 3 rings (SSSR count). The fourth-order valence-electron chi connectivity index (χ4n) is 4.57. The second kappa shape index (κ2) is 11.0. The van der Waals surface area contributed by atoms with Crippen LogP contribution in [0.1, 0.15) is 54.1 Å². The van der Waals surface area contributed by atoms with Crippen LogP contribution in [0.2, 0.25) is 0 Å². The van der Waals surface area contributed by atoms with Crippen LogP contribution in [-0.4, -0.2) is 64.7 Å². The zero-order chi connectivity index (χ0) is 26.7. The number of rotatable bonds is 10. The lowest BCUT2D eigenvalue weighted by atomic mass is 9.81. The van der Waals surface area contributed by atoms with Gasteiger partial charge in [0.25, 0.3) is 5.91 Å². The number of thiophene rings is 1. The predicted molar refractivity (Wildman–Crippen MR) is 140 cm³/mol. The monoisotopic (exact) mass is 534 g/mol.